The van der Waals surface area contributed by atoms with E-state index in [0.717, 1.165) is 37.3 Å². The zero-order chi connectivity index (χ0) is 13.7. The van der Waals surface area contributed by atoms with E-state index in [0.29, 0.717) is 10.9 Å². The molecule has 5 heteroatoms. The highest BCUT2D eigenvalue weighted by Crippen LogP contribution is 2.37. The summed E-state index contributed by atoms with van der Waals surface area (Å²) >= 11 is 0. The van der Waals surface area contributed by atoms with Gasteiger partial charge in [0, 0.05) is 16.4 Å². The second kappa shape index (κ2) is 4.00. The zero-order valence-corrected chi connectivity index (χ0v) is 10.3. The van der Waals surface area contributed by atoms with Gasteiger partial charge in [-0.1, -0.05) is 6.07 Å². The summed E-state index contributed by atoms with van der Waals surface area (Å²) in [5.74, 6) is 0. The van der Waals surface area contributed by atoms with E-state index in [2.05, 4.69) is 4.98 Å². The van der Waals surface area contributed by atoms with E-state index in [-0.39, 0.29) is 5.54 Å². The minimum atomic E-state index is -4.32. The van der Waals surface area contributed by atoms with Gasteiger partial charge in [0.25, 0.3) is 0 Å². The van der Waals surface area contributed by atoms with Crippen molar-refractivity contribution >= 4 is 10.9 Å². The van der Waals surface area contributed by atoms with E-state index < -0.39 is 11.9 Å². The van der Waals surface area contributed by atoms with Crippen LogP contribution in [0.5, 0.6) is 0 Å². The maximum absolute atomic E-state index is 12.6. The number of halogens is 3. The first-order valence-corrected chi connectivity index (χ1v) is 6.34. The molecule has 0 radical (unpaired) electrons. The van der Waals surface area contributed by atoms with Gasteiger partial charge in [0.05, 0.1) is 0 Å². The molecule has 0 saturated heterocycles. The molecule has 1 saturated carbocycles. The van der Waals surface area contributed by atoms with Crippen molar-refractivity contribution in [3.05, 3.63) is 35.5 Å². The molecule has 1 aliphatic carbocycles. The van der Waals surface area contributed by atoms with Crippen LogP contribution in [0.2, 0.25) is 0 Å². The fourth-order valence-corrected chi connectivity index (χ4v) is 2.29. The van der Waals surface area contributed by atoms with Gasteiger partial charge in [-0.05, 0) is 49.4 Å². The lowest BCUT2D eigenvalue weighted by Gasteiger charge is -2.07. The molecule has 1 fully saturated rings. The predicted molar refractivity (Wildman–Crippen MR) is 67.8 cm³/mol. The van der Waals surface area contributed by atoms with Crippen LogP contribution in [0.3, 0.4) is 0 Å². The van der Waals surface area contributed by atoms with Gasteiger partial charge in [-0.25, -0.2) is 0 Å². The van der Waals surface area contributed by atoms with Gasteiger partial charge in [0.1, 0.15) is 5.69 Å². The minimum absolute atomic E-state index is 0.0236. The Morgan fingerprint density at radius 3 is 2.58 bits per heavy atom. The number of aromatic amines is 1. The number of H-pyrrole nitrogens is 1. The van der Waals surface area contributed by atoms with Gasteiger partial charge in [0.2, 0.25) is 0 Å². The third-order valence-electron chi connectivity index (χ3n) is 3.79. The van der Waals surface area contributed by atoms with Crippen LogP contribution in [0.25, 0.3) is 10.9 Å². The number of benzene rings is 1. The van der Waals surface area contributed by atoms with Crippen LogP contribution < -0.4 is 5.73 Å². The van der Waals surface area contributed by atoms with Gasteiger partial charge in [-0.15, -0.1) is 0 Å². The number of nitrogens with one attached hydrogen (secondary N) is 1. The van der Waals surface area contributed by atoms with Crippen molar-refractivity contribution in [1.82, 2.24) is 4.98 Å². The molecular formula is C14H15F3N2. The summed E-state index contributed by atoms with van der Waals surface area (Å²) in [4.78, 5) is 2.40. The van der Waals surface area contributed by atoms with Crippen LogP contribution in [0.4, 0.5) is 13.2 Å². The Hall–Kier alpha value is -1.49. The third-order valence-corrected chi connectivity index (χ3v) is 3.79. The maximum atomic E-state index is 12.6. The second-order valence-corrected chi connectivity index (χ2v) is 5.46. The highest BCUT2D eigenvalue weighted by molar-refractivity contribution is 5.81. The predicted octanol–water partition coefficient (Wildman–Crippen LogP) is 3.61. The largest absolute Gasteiger partial charge is 0.431 e. The SMILES string of the molecule is NC1(CCc2ccc3[nH]c(C(F)(F)F)cc3c2)CC1. The molecule has 0 amide bonds. The molecule has 2 nitrogen and oxygen atoms in total. The molecule has 0 bridgehead atoms. The van der Waals surface area contributed by atoms with E-state index in [4.69, 9.17) is 5.73 Å². The quantitative estimate of drug-likeness (QED) is 0.877. The van der Waals surface area contributed by atoms with Crippen LogP contribution in [0.1, 0.15) is 30.5 Å². The smallest absolute Gasteiger partial charge is 0.351 e. The van der Waals surface area contributed by atoms with Crippen molar-refractivity contribution in [2.24, 2.45) is 5.73 Å². The van der Waals surface area contributed by atoms with Gasteiger partial charge in [-0.3, -0.25) is 0 Å². The van der Waals surface area contributed by atoms with E-state index in [1.165, 1.54) is 0 Å². The first-order chi connectivity index (χ1) is 8.86. The Kier molecular flexibility index (Phi) is 2.64. The van der Waals surface area contributed by atoms with Gasteiger partial charge < -0.3 is 10.7 Å². The highest BCUT2D eigenvalue weighted by atomic mass is 19.4. The first kappa shape index (κ1) is 12.5. The molecule has 1 heterocycles. The lowest BCUT2D eigenvalue weighted by Crippen LogP contribution is -2.22. The molecule has 1 aliphatic rings. The Morgan fingerprint density at radius 1 is 1.21 bits per heavy atom. The number of aromatic nitrogens is 1. The fraction of sp³-hybridized carbons (Fsp3) is 0.429. The molecule has 0 unspecified atom stereocenters. The number of nitrogens with two attached hydrogens (primary N) is 1. The van der Waals surface area contributed by atoms with E-state index in [9.17, 15) is 13.2 Å². The third kappa shape index (κ3) is 2.61. The van der Waals surface area contributed by atoms with Crippen LogP contribution in [-0.4, -0.2) is 10.5 Å². The Labute approximate surface area is 108 Å². The lowest BCUT2D eigenvalue weighted by atomic mass is 10.0. The van der Waals surface area contributed by atoms with E-state index in [1.54, 1.807) is 6.07 Å². The van der Waals surface area contributed by atoms with E-state index in [1.807, 2.05) is 12.1 Å². The molecule has 3 N–H and O–H groups in total. The summed E-state index contributed by atoms with van der Waals surface area (Å²) in [6.45, 7) is 0. The number of fused-ring (bicyclic) bond motifs is 1. The topological polar surface area (TPSA) is 41.8 Å². The number of hydrogen-bond acceptors (Lipinski definition) is 1. The normalized spacial score (nSPS) is 17.9. The molecular weight excluding hydrogens is 253 g/mol. The van der Waals surface area contributed by atoms with Crippen molar-refractivity contribution < 1.29 is 13.2 Å². The number of alkyl halides is 3. The summed E-state index contributed by atoms with van der Waals surface area (Å²) in [7, 11) is 0. The molecule has 102 valence electrons. The van der Waals surface area contributed by atoms with Gasteiger partial charge in [0.15, 0.2) is 0 Å². The maximum Gasteiger partial charge on any atom is 0.431 e. The molecule has 1 aromatic heterocycles. The van der Waals surface area contributed by atoms with Crippen molar-refractivity contribution in [2.75, 3.05) is 0 Å². The van der Waals surface area contributed by atoms with Gasteiger partial charge in [-0.2, -0.15) is 13.2 Å². The summed E-state index contributed by atoms with van der Waals surface area (Å²) in [6.07, 6.45) is -0.502. The molecule has 3 rings (SSSR count). The molecule has 2 aromatic rings. The van der Waals surface area contributed by atoms with Crippen LogP contribution >= 0.6 is 0 Å². The first-order valence-electron chi connectivity index (χ1n) is 6.34. The minimum Gasteiger partial charge on any atom is -0.351 e. The average molecular weight is 268 g/mol. The summed E-state index contributed by atoms with van der Waals surface area (Å²) in [5.41, 5.74) is 6.85. The second-order valence-electron chi connectivity index (χ2n) is 5.46. The standard InChI is InChI=1S/C14H15F3N2/c15-14(16,17)12-8-10-7-9(1-2-11(10)19-12)3-4-13(18)5-6-13/h1-2,7-8,19H,3-6,18H2. The van der Waals surface area contributed by atoms with Crippen LogP contribution in [-0.2, 0) is 12.6 Å². The van der Waals surface area contributed by atoms with Crippen molar-refractivity contribution in [2.45, 2.75) is 37.4 Å². The molecule has 19 heavy (non-hydrogen) atoms. The summed E-state index contributed by atoms with van der Waals surface area (Å²) in [5, 5.41) is 0.603. The number of hydrogen-bond donors (Lipinski definition) is 2. The number of rotatable bonds is 3. The lowest BCUT2D eigenvalue weighted by molar-refractivity contribution is -0.140. The van der Waals surface area contributed by atoms with Crippen molar-refractivity contribution in [3.63, 3.8) is 0 Å². The Balaban J connectivity index is 1.83. The summed E-state index contributed by atoms with van der Waals surface area (Å²) in [6, 6.07) is 6.54. The Morgan fingerprint density at radius 2 is 1.95 bits per heavy atom. The molecule has 0 spiro atoms. The monoisotopic (exact) mass is 268 g/mol. The molecule has 0 aliphatic heterocycles. The zero-order valence-electron chi connectivity index (χ0n) is 10.3. The van der Waals surface area contributed by atoms with Crippen molar-refractivity contribution in [1.29, 1.82) is 0 Å². The molecule has 0 atom stereocenters. The Bertz CT molecular complexity index is 609. The fourth-order valence-electron chi connectivity index (χ4n) is 2.29. The van der Waals surface area contributed by atoms with Crippen molar-refractivity contribution in [3.8, 4) is 0 Å². The number of aryl methyl sites for hydroxylation is 1. The van der Waals surface area contributed by atoms with Gasteiger partial charge >= 0.3 is 6.18 Å². The van der Waals surface area contributed by atoms with E-state index >= 15 is 0 Å². The summed E-state index contributed by atoms with van der Waals surface area (Å²) < 4.78 is 37.8. The van der Waals surface area contributed by atoms with Crippen LogP contribution in [0.15, 0.2) is 24.3 Å². The average Bonchev–Trinajstić information content (AvgIpc) is 2.91. The highest BCUT2D eigenvalue weighted by Gasteiger charge is 2.37. The molecule has 1 aromatic carbocycles. The van der Waals surface area contributed by atoms with Crippen LogP contribution in [0, 0.1) is 0 Å².